The molecule has 1 fully saturated rings. The number of amides is 3. The van der Waals surface area contributed by atoms with Crippen LogP contribution in [0.4, 0.5) is 10.5 Å². The van der Waals surface area contributed by atoms with Crippen LogP contribution >= 0.6 is 12.4 Å². The van der Waals surface area contributed by atoms with Crippen molar-refractivity contribution in [2.24, 2.45) is 5.73 Å². The van der Waals surface area contributed by atoms with Crippen LogP contribution in [0, 0.1) is 0 Å². The molecule has 0 aliphatic carbocycles. The van der Waals surface area contributed by atoms with Gasteiger partial charge in [-0.2, -0.15) is 0 Å². The fraction of sp³-hybridized carbons (Fsp3) is 0.467. The minimum absolute atomic E-state index is 0. The molecule has 2 rings (SSSR count). The summed E-state index contributed by atoms with van der Waals surface area (Å²) in [6.07, 6.45) is 0.922. The molecule has 7 nitrogen and oxygen atoms in total. The van der Waals surface area contributed by atoms with Crippen molar-refractivity contribution in [2.45, 2.75) is 6.42 Å². The van der Waals surface area contributed by atoms with Gasteiger partial charge in [0.2, 0.25) is 0 Å². The topological polar surface area (TPSA) is 99.5 Å². The molecule has 0 unspecified atom stereocenters. The van der Waals surface area contributed by atoms with Crippen molar-refractivity contribution in [3.05, 3.63) is 29.8 Å². The number of rotatable bonds is 6. The number of nitrogens with one attached hydrogen (secondary N) is 3. The van der Waals surface area contributed by atoms with Crippen LogP contribution in [-0.4, -0.2) is 56.1 Å². The zero-order chi connectivity index (χ0) is 15.8. The zero-order valence-corrected chi connectivity index (χ0v) is 13.8. The minimum Gasteiger partial charge on any atom is -0.352 e. The molecule has 0 aromatic heterocycles. The summed E-state index contributed by atoms with van der Waals surface area (Å²) in [6.45, 7) is 5.82. The first-order valence-electron chi connectivity index (χ1n) is 7.53. The molecule has 1 aromatic carbocycles. The Hall–Kier alpha value is -1.83. The normalized spacial score (nSPS) is 14.6. The first-order chi connectivity index (χ1) is 10.6. The molecule has 0 atom stereocenters. The Morgan fingerprint density at radius 3 is 2.70 bits per heavy atom. The number of hydrogen-bond donors (Lipinski definition) is 4. The monoisotopic (exact) mass is 341 g/mol. The lowest BCUT2D eigenvalue weighted by Gasteiger charge is -2.27. The standard InChI is InChI=1S/C15H23N5O2.ClH/c16-15(22)19-13-4-1-3-12(11-13)14(21)18-5-2-8-20-9-6-17-7-10-20;/h1,3-4,11,17H,2,5-10H2,(H,18,21)(H3,16,19,22);1H. The lowest BCUT2D eigenvalue weighted by molar-refractivity contribution is 0.0951. The number of nitrogens with zero attached hydrogens (tertiary/aromatic N) is 1. The Morgan fingerprint density at radius 2 is 2.00 bits per heavy atom. The van der Waals surface area contributed by atoms with Crippen LogP contribution in [0.3, 0.4) is 0 Å². The number of hydrogen-bond acceptors (Lipinski definition) is 4. The van der Waals surface area contributed by atoms with Crippen molar-refractivity contribution in [3.63, 3.8) is 0 Å². The number of anilines is 1. The van der Waals surface area contributed by atoms with E-state index in [9.17, 15) is 9.59 Å². The number of urea groups is 1. The predicted octanol–water partition coefficient (Wildman–Crippen LogP) is 0.624. The second-order valence-electron chi connectivity index (χ2n) is 5.27. The van der Waals surface area contributed by atoms with Crippen molar-refractivity contribution in [1.82, 2.24) is 15.5 Å². The number of halogens is 1. The average Bonchev–Trinajstić information content (AvgIpc) is 2.52. The van der Waals surface area contributed by atoms with Gasteiger partial charge in [-0.15, -0.1) is 12.4 Å². The molecule has 3 amide bonds. The lowest BCUT2D eigenvalue weighted by Crippen LogP contribution is -2.44. The van der Waals surface area contributed by atoms with Gasteiger partial charge >= 0.3 is 6.03 Å². The van der Waals surface area contributed by atoms with Crippen LogP contribution in [0.15, 0.2) is 24.3 Å². The van der Waals surface area contributed by atoms with E-state index in [1.807, 2.05) is 0 Å². The van der Waals surface area contributed by atoms with E-state index in [1.165, 1.54) is 0 Å². The highest BCUT2D eigenvalue weighted by Crippen LogP contribution is 2.10. The first kappa shape index (κ1) is 19.2. The number of carbonyl (C=O) groups is 2. The van der Waals surface area contributed by atoms with Crippen LogP contribution < -0.4 is 21.7 Å². The van der Waals surface area contributed by atoms with Gasteiger partial charge in [0.05, 0.1) is 0 Å². The van der Waals surface area contributed by atoms with Gasteiger partial charge in [-0.1, -0.05) is 6.07 Å². The quantitative estimate of drug-likeness (QED) is 0.570. The SMILES string of the molecule is Cl.NC(=O)Nc1cccc(C(=O)NCCCN2CCNCC2)c1. The highest BCUT2D eigenvalue weighted by atomic mass is 35.5. The van der Waals surface area contributed by atoms with Crippen LogP contribution in [0.25, 0.3) is 0 Å². The Balaban J connectivity index is 0.00000264. The molecular weight excluding hydrogens is 318 g/mol. The van der Waals surface area contributed by atoms with Gasteiger partial charge in [0.25, 0.3) is 5.91 Å². The summed E-state index contributed by atoms with van der Waals surface area (Å²) >= 11 is 0. The fourth-order valence-corrected chi connectivity index (χ4v) is 2.42. The smallest absolute Gasteiger partial charge is 0.316 e. The van der Waals surface area contributed by atoms with Crippen molar-refractivity contribution in [1.29, 1.82) is 0 Å². The largest absolute Gasteiger partial charge is 0.352 e. The Bertz CT molecular complexity index is 520. The van der Waals surface area contributed by atoms with Gasteiger partial charge in [-0.05, 0) is 31.2 Å². The maximum absolute atomic E-state index is 12.1. The molecule has 1 aliphatic rings. The summed E-state index contributed by atoms with van der Waals surface area (Å²) in [7, 11) is 0. The molecule has 0 spiro atoms. The third-order valence-corrected chi connectivity index (χ3v) is 3.54. The summed E-state index contributed by atoms with van der Waals surface area (Å²) in [5, 5.41) is 8.66. The van der Waals surface area contributed by atoms with Crippen molar-refractivity contribution in [2.75, 3.05) is 44.6 Å². The molecular formula is C15H24ClN5O2. The minimum atomic E-state index is -0.645. The molecule has 0 saturated carbocycles. The van der Waals surface area contributed by atoms with Crippen molar-refractivity contribution in [3.8, 4) is 0 Å². The van der Waals surface area contributed by atoms with Gasteiger partial charge in [0.1, 0.15) is 0 Å². The van der Waals surface area contributed by atoms with E-state index >= 15 is 0 Å². The molecule has 1 aromatic rings. The van der Waals surface area contributed by atoms with Crippen LogP contribution in [-0.2, 0) is 0 Å². The van der Waals surface area contributed by atoms with Crippen molar-refractivity contribution >= 4 is 30.0 Å². The van der Waals surface area contributed by atoms with E-state index in [1.54, 1.807) is 24.3 Å². The summed E-state index contributed by atoms with van der Waals surface area (Å²) < 4.78 is 0. The molecule has 1 saturated heterocycles. The maximum Gasteiger partial charge on any atom is 0.316 e. The number of carbonyl (C=O) groups excluding carboxylic acids is 2. The summed E-state index contributed by atoms with van der Waals surface area (Å²) in [4.78, 5) is 25.3. The van der Waals surface area contributed by atoms with Gasteiger partial charge in [-0.25, -0.2) is 4.79 Å². The number of primary amides is 1. The zero-order valence-electron chi connectivity index (χ0n) is 13.0. The summed E-state index contributed by atoms with van der Waals surface area (Å²) in [5.74, 6) is -0.145. The van der Waals surface area contributed by atoms with E-state index in [2.05, 4.69) is 20.9 Å². The van der Waals surface area contributed by atoms with Gasteiger partial charge in [0.15, 0.2) is 0 Å². The summed E-state index contributed by atoms with van der Waals surface area (Å²) in [6, 6.07) is 6.06. The van der Waals surface area contributed by atoms with Gasteiger partial charge < -0.3 is 26.6 Å². The number of benzene rings is 1. The molecule has 0 bridgehead atoms. The Morgan fingerprint density at radius 1 is 1.26 bits per heavy atom. The second-order valence-corrected chi connectivity index (χ2v) is 5.27. The molecule has 1 heterocycles. The van der Waals surface area contributed by atoms with E-state index < -0.39 is 6.03 Å². The molecule has 23 heavy (non-hydrogen) atoms. The van der Waals surface area contributed by atoms with E-state index in [0.717, 1.165) is 39.1 Å². The predicted molar refractivity (Wildman–Crippen MR) is 93.2 cm³/mol. The van der Waals surface area contributed by atoms with Crippen LogP contribution in [0.5, 0.6) is 0 Å². The van der Waals surface area contributed by atoms with E-state index in [4.69, 9.17) is 5.73 Å². The fourth-order valence-electron chi connectivity index (χ4n) is 2.42. The molecule has 1 aliphatic heterocycles. The number of piperazine rings is 1. The Labute approximate surface area is 142 Å². The van der Waals surface area contributed by atoms with Gasteiger partial charge in [-0.3, -0.25) is 4.79 Å². The van der Waals surface area contributed by atoms with Crippen LogP contribution in [0.1, 0.15) is 16.8 Å². The highest BCUT2D eigenvalue weighted by molar-refractivity contribution is 5.96. The second kappa shape index (κ2) is 10.0. The third kappa shape index (κ3) is 6.85. The Kier molecular flexibility index (Phi) is 8.39. The van der Waals surface area contributed by atoms with E-state index in [-0.39, 0.29) is 18.3 Å². The third-order valence-electron chi connectivity index (χ3n) is 3.54. The average molecular weight is 342 g/mol. The highest BCUT2D eigenvalue weighted by Gasteiger charge is 2.09. The molecule has 0 radical (unpaired) electrons. The molecule has 5 N–H and O–H groups in total. The first-order valence-corrected chi connectivity index (χ1v) is 7.53. The molecule has 8 heteroatoms. The molecule has 128 valence electrons. The number of nitrogens with two attached hydrogens (primary N) is 1. The van der Waals surface area contributed by atoms with Crippen molar-refractivity contribution < 1.29 is 9.59 Å². The lowest BCUT2D eigenvalue weighted by atomic mass is 10.2. The maximum atomic E-state index is 12.1. The van der Waals surface area contributed by atoms with Crippen LogP contribution in [0.2, 0.25) is 0 Å². The van der Waals surface area contributed by atoms with E-state index in [0.29, 0.717) is 17.8 Å². The van der Waals surface area contributed by atoms with Gasteiger partial charge in [0, 0.05) is 44.0 Å². The summed E-state index contributed by atoms with van der Waals surface area (Å²) in [5.41, 5.74) is 6.08.